The largest absolute Gasteiger partial charge is 0.481 e. The van der Waals surface area contributed by atoms with E-state index < -0.39 is 30.3 Å². The molecule has 19 heavy (non-hydrogen) atoms. The van der Waals surface area contributed by atoms with Gasteiger partial charge < -0.3 is 15.5 Å². The number of rotatable bonds is 5. The van der Waals surface area contributed by atoms with Crippen LogP contribution in [0.1, 0.15) is 27.9 Å². The van der Waals surface area contributed by atoms with Crippen molar-refractivity contribution in [1.82, 2.24) is 5.32 Å². The molecule has 6 nitrogen and oxygen atoms in total. The summed E-state index contributed by atoms with van der Waals surface area (Å²) in [4.78, 5) is 33.4. The van der Waals surface area contributed by atoms with Crippen LogP contribution in [0.5, 0.6) is 0 Å². The van der Waals surface area contributed by atoms with E-state index in [2.05, 4.69) is 5.32 Å². The Kier molecular flexibility index (Phi) is 4.63. The number of nitrogens with one attached hydrogen (secondary N) is 1. The summed E-state index contributed by atoms with van der Waals surface area (Å²) in [5, 5.41) is 19.7. The molecule has 0 radical (unpaired) electrons. The first kappa shape index (κ1) is 14.7. The molecule has 0 aliphatic carbocycles. The molecule has 0 unspecified atom stereocenters. The van der Waals surface area contributed by atoms with Gasteiger partial charge in [-0.2, -0.15) is 0 Å². The lowest BCUT2D eigenvalue weighted by atomic mass is 10.0. The molecule has 0 aliphatic rings. The van der Waals surface area contributed by atoms with Crippen LogP contribution in [0.2, 0.25) is 0 Å². The van der Waals surface area contributed by atoms with E-state index in [1.807, 2.05) is 13.0 Å². The van der Waals surface area contributed by atoms with Crippen LogP contribution in [0.3, 0.4) is 0 Å². The fraction of sp³-hybridized carbons (Fsp3) is 0.308. The van der Waals surface area contributed by atoms with Crippen LogP contribution in [0.4, 0.5) is 0 Å². The molecule has 0 heterocycles. The molecule has 1 aromatic carbocycles. The van der Waals surface area contributed by atoms with Gasteiger partial charge in [-0.1, -0.05) is 17.7 Å². The van der Waals surface area contributed by atoms with E-state index in [4.69, 9.17) is 10.2 Å². The van der Waals surface area contributed by atoms with Crippen LogP contribution >= 0.6 is 0 Å². The smallest absolute Gasteiger partial charge is 0.326 e. The van der Waals surface area contributed by atoms with Crippen LogP contribution in [0.25, 0.3) is 0 Å². The van der Waals surface area contributed by atoms with Crippen LogP contribution in [0, 0.1) is 13.8 Å². The third-order valence-electron chi connectivity index (χ3n) is 2.62. The first-order chi connectivity index (χ1) is 8.81. The monoisotopic (exact) mass is 265 g/mol. The highest BCUT2D eigenvalue weighted by molar-refractivity contribution is 5.98. The SMILES string of the molecule is Cc1ccc(C)c(C(=O)N[C@H](CC(=O)O)C(=O)O)c1. The maximum Gasteiger partial charge on any atom is 0.326 e. The summed E-state index contributed by atoms with van der Waals surface area (Å²) in [6.45, 7) is 3.53. The highest BCUT2D eigenvalue weighted by Crippen LogP contribution is 2.11. The zero-order valence-corrected chi connectivity index (χ0v) is 10.6. The third-order valence-corrected chi connectivity index (χ3v) is 2.62. The van der Waals surface area contributed by atoms with E-state index in [0.29, 0.717) is 11.1 Å². The van der Waals surface area contributed by atoms with Gasteiger partial charge in [-0.05, 0) is 25.5 Å². The second kappa shape index (κ2) is 5.99. The van der Waals surface area contributed by atoms with E-state index in [1.54, 1.807) is 19.1 Å². The Labute approximate surface area is 110 Å². The van der Waals surface area contributed by atoms with Gasteiger partial charge in [0.25, 0.3) is 5.91 Å². The number of aryl methyl sites for hydroxylation is 2. The predicted octanol–water partition coefficient (Wildman–Crippen LogP) is 0.961. The molecule has 0 saturated carbocycles. The highest BCUT2D eigenvalue weighted by Gasteiger charge is 2.24. The molecule has 0 fully saturated rings. The Balaban J connectivity index is 2.90. The van der Waals surface area contributed by atoms with Gasteiger partial charge in [-0.3, -0.25) is 9.59 Å². The number of carboxylic acid groups (broad SMARTS) is 2. The molecule has 1 rings (SSSR count). The first-order valence-corrected chi connectivity index (χ1v) is 5.64. The summed E-state index contributed by atoms with van der Waals surface area (Å²) in [5.41, 5.74) is 1.90. The van der Waals surface area contributed by atoms with Crippen LogP contribution in [-0.2, 0) is 9.59 Å². The van der Waals surface area contributed by atoms with Crippen LogP contribution in [0.15, 0.2) is 18.2 Å². The van der Waals surface area contributed by atoms with E-state index >= 15 is 0 Å². The topological polar surface area (TPSA) is 104 Å². The highest BCUT2D eigenvalue weighted by atomic mass is 16.4. The second-order valence-corrected chi connectivity index (χ2v) is 4.28. The molecular weight excluding hydrogens is 250 g/mol. The van der Waals surface area contributed by atoms with Crippen LogP contribution in [-0.4, -0.2) is 34.1 Å². The van der Waals surface area contributed by atoms with Crippen molar-refractivity contribution in [2.24, 2.45) is 0 Å². The number of carboxylic acids is 2. The lowest BCUT2D eigenvalue weighted by Gasteiger charge is -2.14. The molecule has 6 heteroatoms. The summed E-state index contributed by atoms with van der Waals surface area (Å²) in [6, 6.07) is 3.77. The Bertz CT molecular complexity index is 524. The van der Waals surface area contributed by atoms with Gasteiger partial charge in [0.1, 0.15) is 6.04 Å². The fourth-order valence-corrected chi connectivity index (χ4v) is 1.59. The molecule has 3 N–H and O–H groups in total. The van der Waals surface area contributed by atoms with Crippen molar-refractivity contribution in [3.63, 3.8) is 0 Å². The molecule has 0 spiro atoms. The molecule has 102 valence electrons. The maximum atomic E-state index is 11.9. The van der Waals surface area contributed by atoms with Gasteiger partial charge >= 0.3 is 11.9 Å². The van der Waals surface area contributed by atoms with Crippen molar-refractivity contribution in [1.29, 1.82) is 0 Å². The quantitative estimate of drug-likeness (QED) is 0.735. The summed E-state index contributed by atoms with van der Waals surface area (Å²) in [7, 11) is 0. The molecular formula is C13H15NO5. The van der Waals surface area contributed by atoms with Crippen molar-refractivity contribution >= 4 is 17.8 Å². The molecule has 0 aliphatic heterocycles. The second-order valence-electron chi connectivity index (χ2n) is 4.28. The van der Waals surface area contributed by atoms with Gasteiger partial charge in [0.15, 0.2) is 0 Å². The summed E-state index contributed by atoms with van der Waals surface area (Å²) in [6.07, 6.45) is -0.661. The minimum absolute atomic E-state index is 0.344. The molecule has 1 aromatic rings. The lowest BCUT2D eigenvalue weighted by Crippen LogP contribution is -2.42. The van der Waals surface area contributed by atoms with Crippen molar-refractivity contribution < 1.29 is 24.6 Å². The fourth-order valence-electron chi connectivity index (χ4n) is 1.59. The molecule has 0 bridgehead atoms. The number of hydrogen-bond acceptors (Lipinski definition) is 3. The number of carbonyl (C=O) groups is 3. The minimum Gasteiger partial charge on any atom is -0.481 e. The number of amides is 1. The van der Waals surface area contributed by atoms with Crippen molar-refractivity contribution in [3.05, 3.63) is 34.9 Å². The van der Waals surface area contributed by atoms with E-state index in [-0.39, 0.29) is 0 Å². The van der Waals surface area contributed by atoms with Crippen molar-refractivity contribution in [3.8, 4) is 0 Å². The average molecular weight is 265 g/mol. The van der Waals surface area contributed by atoms with E-state index in [1.165, 1.54) is 0 Å². The zero-order chi connectivity index (χ0) is 14.6. The van der Waals surface area contributed by atoms with Crippen LogP contribution < -0.4 is 5.32 Å². The van der Waals surface area contributed by atoms with Gasteiger partial charge in [0, 0.05) is 5.56 Å². The van der Waals surface area contributed by atoms with Gasteiger partial charge in [0.2, 0.25) is 0 Å². The average Bonchev–Trinajstić information content (AvgIpc) is 2.30. The van der Waals surface area contributed by atoms with E-state index in [0.717, 1.165) is 5.56 Å². The Hall–Kier alpha value is -2.37. The minimum atomic E-state index is -1.44. The summed E-state index contributed by atoms with van der Waals surface area (Å²) >= 11 is 0. The molecule has 1 atom stereocenters. The van der Waals surface area contributed by atoms with Gasteiger partial charge in [0.05, 0.1) is 6.42 Å². The maximum absolute atomic E-state index is 11.9. The standard InChI is InChI=1S/C13H15NO5/c1-7-3-4-8(2)9(5-7)12(17)14-10(13(18)19)6-11(15)16/h3-5,10H,6H2,1-2H3,(H,14,17)(H,15,16)(H,18,19)/t10-/m1/s1. The third kappa shape index (κ3) is 4.09. The predicted molar refractivity (Wildman–Crippen MR) is 67.1 cm³/mol. The zero-order valence-electron chi connectivity index (χ0n) is 10.6. The number of benzene rings is 1. The summed E-state index contributed by atoms with van der Waals surface area (Å²) < 4.78 is 0. The van der Waals surface area contributed by atoms with Gasteiger partial charge in [-0.25, -0.2) is 4.79 Å². The number of hydrogen-bond donors (Lipinski definition) is 3. The summed E-state index contributed by atoms with van der Waals surface area (Å²) in [5.74, 6) is -3.25. The van der Waals surface area contributed by atoms with E-state index in [9.17, 15) is 14.4 Å². The first-order valence-electron chi connectivity index (χ1n) is 5.64. The van der Waals surface area contributed by atoms with Crippen molar-refractivity contribution in [2.45, 2.75) is 26.3 Å². The number of carbonyl (C=O) groups excluding carboxylic acids is 1. The normalized spacial score (nSPS) is 11.7. The molecule has 1 amide bonds. The molecule has 0 saturated heterocycles. The number of aliphatic carboxylic acids is 2. The van der Waals surface area contributed by atoms with Crippen molar-refractivity contribution in [2.75, 3.05) is 0 Å². The Morgan fingerprint density at radius 2 is 1.84 bits per heavy atom. The molecule has 0 aromatic heterocycles. The Morgan fingerprint density at radius 3 is 2.37 bits per heavy atom. The Morgan fingerprint density at radius 1 is 1.21 bits per heavy atom. The lowest BCUT2D eigenvalue weighted by molar-refractivity contribution is -0.145. The van der Waals surface area contributed by atoms with Gasteiger partial charge in [-0.15, -0.1) is 0 Å².